The third kappa shape index (κ3) is 13.4. The molecule has 4 heterocycles. The van der Waals surface area contributed by atoms with Gasteiger partial charge in [-0.3, -0.25) is 19.2 Å². The summed E-state index contributed by atoms with van der Waals surface area (Å²) in [6.07, 6.45) is 1.81. The third-order valence-corrected chi connectivity index (χ3v) is 13.0. The molecular formula is C46H82N4O8. The van der Waals surface area contributed by atoms with Crippen molar-refractivity contribution in [1.82, 2.24) is 21.3 Å². The molecule has 12 nitrogen and oxygen atoms in total. The Morgan fingerprint density at radius 3 is 0.707 bits per heavy atom. The number of rotatable bonds is 13. The first-order valence-electron chi connectivity index (χ1n) is 22.5. The van der Waals surface area contributed by atoms with Crippen LogP contribution in [0.2, 0.25) is 0 Å². The van der Waals surface area contributed by atoms with Gasteiger partial charge in [-0.1, -0.05) is 55.4 Å². The first-order valence-corrected chi connectivity index (χ1v) is 22.5. The van der Waals surface area contributed by atoms with Crippen LogP contribution >= 0.6 is 0 Å². The molecular weight excluding hydrogens is 737 g/mol. The first kappa shape index (κ1) is 48.4. The van der Waals surface area contributed by atoms with Crippen LogP contribution in [0.3, 0.4) is 0 Å². The lowest BCUT2D eigenvalue weighted by Crippen LogP contribution is -2.58. The van der Waals surface area contributed by atoms with E-state index in [1.54, 1.807) is 0 Å². The van der Waals surface area contributed by atoms with Crippen LogP contribution in [-0.2, 0) is 38.1 Å². The van der Waals surface area contributed by atoms with Gasteiger partial charge in [0.05, 0.1) is 0 Å². The Bertz CT molecular complexity index is 1230. The molecule has 0 saturated carbocycles. The molecule has 12 heteroatoms. The number of carbonyl (C=O) groups excluding carboxylic acids is 4. The summed E-state index contributed by atoms with van der Waals surface area (Å²) in [6.45, 7) is 33.4. The maximum absolute atomic E-state index is 14.8. The number of piperidine rings is 4. The molecule has 0 aromatic rings. The fraction of sp³-hybridized carbons (Fsp3) is 0.913. The zero-order chi connectivity index (χ0) is 43.7. The van der Waals surface area contributed by atoms with Crippen LogP contribution in [0.25, 0.3) is 0 Å². The molecule has 4 saturated heterocycles. The van der Waals surface area contributed by atoms with Crippen molar-refractivity contribution in [2.24, 2.45) is 35.5 Å². The van der Waals surface area contributed by atoms with E-state index in [-0.39, 0.29) is 70.0 Å². The molecule has 0 amide bonds. The first-order chi connectivity index (χ1) is 26.6. The lowest BCUT2D eigenvalue weighted by Gasteiger charge is -2.44. The molecule has 4 fully saturated rings. The lowest BCUT2D eigenvalue weighted by atomic mass is 9.82. The fourth-order valence-electron chi connectivity index (χ4n) is 10.0. The van der Waals surface area contributed by atoms with Gasteiger partial charge in [-0.05, 0) is 79.1 Å². The molecule has 4 aliphatic rings. The van der Waals surface area contributed by atoms with Crippen LogP contribution in [0.15, 0.2) is 0 Å². The number of nitrogens with one attached hydrogen (secondary N) is 4. The van der Waals surface area contributed by atoms with Crippen LogP contribution < -0.4 is 21.3 Å². The van der Waals surface area contributed by atoms with E-state index < -0.39 is 60.1 Å². The normalized spacial score (nSPS) is 33.0. The van der Waals surface area contributed by atoms with Gasteiger partial charge in [0, 0.05) is 97.7 Å². The summed E-state index contributed by atoms with van der Waals surface area (Å²) < 4.78 is 25.1. The minimum absolute atomic E-state index is 0.0527. The quantitative estimate of drug-likeness (QED) is 0.0899. The average molecular weight is 819 g/mol. The van der Waals surface area contributed by atoms with Crippen LogP contribution in [0.1, 0.15) is 162 Å². The highest BCUT2D eigenvalue weighted by Gasteiger charge is 2.53. The van der Waals surface area contributed by atoms with Gasteiger partial charge in [-0.2, -0.15) is 0 Å². The van der Waals surface area contributed by atoms with E-state index in [1.165, 1.54) is 0 Å². The third-order valence-electron chi connectivity index (χ3n) is 13.0. The van der Waals surface area contributed by atoms with Gasteiger partial charge in [-0.15, -0.1) is 0 Å². The van der Waals surface area contributed by atoms with Crippen molar-refractivity contribution in [3.8, 4) is 0 Å². The van der Waals surface area contributed by atoms with Crippen molar-refractivity contribution in [2.75, 3.05) is 0 Å². The molecule has 0 radical (unpaired) electrons. The SMILES string of the molecule is CC(C)C1CC(OC(=O)C(C(=O)OC2CC(C(C)C)NC(C)(C)C2)C(C(=O)OC2CC(C(C)C)NC(C)(C)C2)C(=O)OC2CC(C(C)C)NC(C)(C)C2)CC(C)(C)N1. The van der Waals surface area contributed by atoms with E-state index in [9.17, 15) is 19.2 Å². The molecule has 58 heavy (non-hydrogen) atoms. The number of hydrogen-bond donors (Lipinski definition) is 4. The predicted molar refractivity (Wildman–Crippen MR) is 227 cm³/mol. The molecule has 0 aromatic carbocycles. The fourth-order valence-corrected chi connectivity index (χ4v) is 10.0. The van der Waals surface area contributed by atoms with Gasteiger partial charge in [0.25, 0.3) is 0 Å². The van der Waals surface area contributed by atoms with E-state index in [0.717, 1.165) is 0 Å². The topological polar surface area (TPSA) is 153 Å². The molecule has 0 aromatic heterocycles. The predicted octanol–water partition coefficient (Wildman–Crippen LogP) is 6.61. The molecule has 4 aliphatic heterocycles. The molecule has 8 unspecified atom stereocenters. The Kier molecular flexibility index (Phi) is 15.7. The van der Waals surface area contributed by atoms with Crippen LogP contribution in [0.4, 0.5) is 0 Å². The van der Waals surface area contributed by atoms with Crippen molar-refractivity contribution < 1.29 is 38.1 Å². The highest BCUT2D eigenvalue weighted by atomic mass is 16.6. The van der Waals surface area contributed by atoms with Crippen molar-refractivity contribution in [3.63, 3.8) is 0 Å². The largest absolute Gasteiger partial charge is 0.462 e. The number of esters is 4. The summed E-state index contributed by atoms with van der Waals surface area (Å²) in [5, 5.41) is 14.6. The molecule has 8 atom stereocenters. The molecule has 0 bridgehead atoms. The van der Waals surface area contributed by atoms with E-state index in [1.807, 2.05) is 0 Å². The summed E-state index contributed by atoms with van der Waals surface area (Å²) in [4.78, 5) is 59.3. The minimum Gasteiger partial charge on any atom is -0.462 e. The van der Waals surface area contributed by atoms with Gasteiger partial charge in [-0.25, -0.2) is 0 Å². The Morgan fingerprint density at radius 1 is 0.379 bits per heavy atom. The number of carbonyl (C=O) groups is 4. The van der Waals surface area contributed by atoms with Crippen molar-refractivity contribution >= 4 is 23.9 Å². The zero-order valence-corrected chi connectivity index (χ0v) is 39.0. The summed E-state index contributed by atoms with van der Waals surface area (Å²) in [6, 6.07) is 0.211. The summed E-state index contributed by atoms with van der Waals surface area (Å²) in [5.74, 6) is -6.66. The highest BCUT2D eigenvalue weighted by Crippen LogP contribution is 2.35. The zero-order valence-electron chi connectivity index (χ0n) is 39.0. The van der Waals surface area contributed by atoms with Crippen LogP contribution in [0.5, 0.6) is 0 Å². The van der Waals surface area contributed by atoms with E-state index in [4.69, 9.17) is 18.9 Å². The molecule has 334 valence electrons. The van der Waals surface area contributed by atoms with Gasteiger partial charge in [0.1, 0.15) is 24.4 Å². The van der Waals surface area contributed by atoms with Crippen LogP contribution in [-0.4, -0.2) is 94.6 Å². The van der Waals surface area contributed by atoms with Crippen molar-refractivity contribution in [1.29, 1.82) is 0 Å². The maximum atomic E-state index is 14.8. The second kappa shape index (κ2) is 18.8. The Labute approximate surface area is 350 Å². The summed E-state index contributed by atoms with van der Waals surface area (Å²) in [7, 11) is 0. The van der Waals surface area contributed by atoms with Crippen molar-refractivity contribution in [3.05, 3.63) is 0 Å². The van der Waals surface area contributed by atoms with Gasteiger partial charge in [0.15, 0.2) is 11.8 Å². The molecule has 0 spiro atoms. The second-order valence-corrected chi connectivity index (χ2v) is 22.5. The Balaban J connectivity index is 1.76. The standard InChI is InChI=1S/C46H82N4O8/c1-25(2)33-17-29(21-43(9,10)47-33)55-39(51)37(40(52)56-30-18-34(26(3)4)48-44(11,12)22-30)38(41(53)57-31-19-35(27(5)6)49-45(13,14)23-31)42(54)58-32-20-36(28(7)8)50-46(15,16)24-32/h25-38,47-50H,17-24H2,1-16H3. The lowest BCUT2D eigenvalue weighted by molar-refractivity contribution is -0.190. The maximum Gasteiger partial charge on any atom is 0.322 e. The van der Waals surface area contributed by atoms with Gasteiger partial charge in [0.2, 0.25) is 0 Å². The van der Waals surface area contributed by atoms with Crippen LogP contribution in [0, 0.1) is 35.5 Å². The number of hydrogen-bond acceptors (Lipinski definition) is 12. The van der Waals surface area contributed by atoms with Gasteiger partial charge < -0.3 is 40.2 Å². The van der Waals surface area contributed by atoms with Gasteiger partial charge >= 0.3 is 23.9 Å². The van der Waals surface area contributed by atoms with E-state index >= 15 is 0 Å². The van der Waals surface area contributed by atoms with Crippen molar-refractivity contribution in [2.45, 2.75) is 233 Å². The summed E-state index contributed by atoms with van der Waals surface area (Å²) in [5.41, 5.74) is -1.44. The molecule has 0 aliphatic carbocycles. The minimum atomic E-state index is -1.92. The molecule has 4 rings (SSSR count). The highest BCUT2D eigenvalue weighted by molar-refractivity contribution is 6.07. The molecule has 4 N–H and O–H groups in total. The monoisotopic (exact) mass is 819 g/mol. The smallest absolute Gasteiger partial charge is 0.322 e. The Morgan fingerprint density at radius 2 is 0.552 bits per heavy atom. The van der Waals surface area contributed by atoms with E-state index in [2.05, 4.69) is 132 Å². The summed E-state index contributed by atoms with van der Waals surface area (Å²) >= 11 is 0. The second-order valence-electron chi connectivity index (χ2n) is 22.5. The van der Waals surface area contributed by atoms with E-state index in [0.29, 0.717) is 51.4 Å². The number of ether oxygens (including phenoxy) is 4. The average Bonchev–Trinajstić information content (AvgIpc) is 3.03. The Hall–Kier alpha value is -2.28.